The average molecular weight is 291 g/mol. The quantitative estimate of drug-likeness (QED) is 0.911. The van der Waals surface area contributed by atoms with Gasteiger partial charge in [-0.1, -0.05) is 0 Å². The molecule has 0 fully saturated rings. The second-order valence-corrected chi connectivity index (χ2v) is 3.84. The monoisotopic (exact) mass is 291 g/mol. The number of aliphatic carboxylic acids is 1. The van der Waals surface area contributed by atoms with E-state index in [2.05, 4.69) is 4.74 Å². The lowest BCUT2D eigenvalue weighted by atomic mass is 10.2. The molecule has 1 aromatic rings. The smallest absolute Gasteiger partial charge is 0.482 e. The molecule has 108 valence electrons. The van der Waals surface area contributed by atoms with Gasteiger partial charge in [0.1, 0.15) is 18.0 Å². The van der Waals surface area contributed by atoms with Gasteiger partial charge in [-0.3, -0.25) is 14.5 Å². The second kappa shape index (κ2) is 4.91. The van der Waals surface area contributed by atoms with Gasteiger partial charge in [-0.25, -0.2) is 0 Å². The van der Waals surface area contributed by atoms with E-state index in [1.54, 1.807) is 0 Å². The highest BCUT2D eigenvalue weighted by molar-refractivity contribution is 6.01. The summed E-state index contributed by atoms with van der Waals surface area (Å²) in [6, 6.07) is 3.10. The Labute approximate surface area is 110 Å². The Kier molecular flexibility index (Phi) is 3.43. The van der Waals surface area contributed by atoms with Gasteiger partial charge in [0.15, 0.2) is 6.61 Å². The number of amides is 1. The third-order valence-corrected chi connectivity index (χ3v) is 2.40. The van der Waals surface area contributed by atoms with E-state index in [9.17, 15) is 22.8 Å². The molecular formula is C11H8F3NO5. The Bertz CT molecular complexity index is 557. The first-order valence-corrected chi connectivity index (χ1v) is 5.31. The molecule has 2 rings (SSSR count). The number of hydrogen-bond acceptors (Lipinski definition) is 4. The van der Waals surface area contributed by atoms with Crippen LogP contribution in [0.4, 0.5) is 18.9 Å². The molecule has 1 aliphatic rings. The molecule has 0 aliphatic carbocycles. The van der Waals surface area contributed by atoms with E-state index in [0.29, 0.717) is 0 Å². The summed E-state index contributed by atoms with van der Waals surface area (Å²) in [5.74, 6) is -2.41. The fourth-order valence-electron chi connectivity index (χ4n) is 1.69. The molecule has 1 amide bonds. The fourth-order valence-corrected chi connectivity index (χ4v) is 1.69. The summed E-state index contributed by atoms with van der Waals surface area (Å²) in [5, 5.41) is 8.72. The summed E-state index contributed by atoms with van der Waals surface area (Å²) in [7, 11) is 0. The SMILES string of the molecule is O=C(O)CN1C(=O)COc2ccc(OC(F)(F)F)cc21. The van der Waals surface area contributed by atoms with Gasteiger partial charge in [0.25, 0.3) is 5.91 Å². The Morgan fingerprint density at radius 1 is 1.45 bits per heavy atom. The Morgan fingerprint density at radius 3 is 2.75 bits per heavy atom. The highest BCUT2D eigenvalue weighted by Gasteiger charge is 2.33. The van der Waals surface area contributed by atoms with E-state index in [-0.39, 0.29) is 18.0 Å². The van der Waals surface area contributed by atoms with Crippen molar-refractivity contribution in [3.63, 3.8) is 0 Å². The number of alkyl halides is 3. The molecule has 9 heteroatoms. The first-order valence-electron chi connectivity index (χ1n) is 5.31. The third-order valence-electron chi connectivity index (χ3n) is 2.40. The van der Waals surface area contributed by atoms with Crippen LogP contribution in [0.3, 0.4) is 0 Å². The van der Waals surface area contributed by atoms with Gasteiger partial charge in [0.2, 0.25) is 0 Å². The Hall–Kier alpha value is -2.45. The molecule has 0 radical (unpaired) electrons. The van der Waals surface area contributed by atoms with Crippen molar-refractivity contribution in [2.45, 2.75) is 6.36 Å². The van der Waals surface area contributed by atoms with Crippen molar-refractivity contribution < 1.29 is 37.3 Å². The number of hydrogen-bond donors (Lipinski definition) is 1. The van der Waals surface area contributed by atoms with Gasteiger partial charge in [-0.15, -0.1) is 13.2 Å². The fraction of sp³-hybridized carbons (Fsp3) is 0.273. The molecule has 20 heavy (non-hydrogen) atoms. The maximum Gasteiger partial charge on any atom is 0.573 e. The number of anilines is 1. The van der Waals surface area contributed by atoms with E-state index in [0.717, 1.165) is 17.0 Å². The first kappa shape index (κ1) is 14.0. The van der Waals surface area contributed by atoms with Gasteiger partial charge in [-0.05, 0) is 12.1 Å². The van der Waals surface area contributed by atoms with Crippen molar-refractivity contribution in [2.24, 2.45) is 0 Å². The Morgan fingerprint density at radius 2 is 2.15 bits per heavy atom. The predicted octanol–water partition coefficient (Wildman–Crippen LogP) is 1.40. The maximum absolute atomic E-state index is 12.1. The summed E-state index contributed by atoms with van der Waals surface area (Å²) in [5.41, 5.74) is -0.0783. The van der Waals surface area contributed by atoms with Gasteiger partial charge >= 0.3 is 12.3 Å². The molecule has 0 saturated carbocycles. The maximum atomic E-state index is 12.1. The minimum Gasteiger partial charge on any atom is -0.482 e. The lowest BCUT2D eigenvalue weighted by molar-refractivity contribution is -0.274. The molecule has 0 unspecified atom stereocenters. The zero-order chi connectivity index (χ0) is 14.9. The number of carboxylic acid groups (broad SMARTS) is 1. The molecule has 1 N–H and O–H groups in total. The van der Waals surface area contributed by atoms with Crippen LogP contribution in [0.25, 0.3) is 0 Å². The third kappa shape index (κ3) is 3.11. The lowest BCUT2D eigenvalue weighted by Crippen LogP contribution is -2.41. The second-order valence-electron chi connectivity index (χ2n) is 3.84. The molecule has 1 aliphatic heterocycles. The molecule has 0 spiro atoms. The number of carbonyl (C=O) groups excluding carboxylic acids is 1. The van der Waals surface area contributed by atoms with Crippen molar-refractivity contribution in [1.82, 2.24) is 0 Å². The van der Waals surface area contributed by atoms with Crippen LogP contribution in [-0.2, 0) is 9.59 Å². The number of halogens is 3. The highest BCUT2D eigenvalue weighted by atomic mass is 19.4. The summed E-state index contributed by atoms with van der Waals surface area (Å²) < 4.78 is 45.1. The zero-order valence-corrected chi connectivity index (χ0v) is 9.81. The van der Waals surface area contributed by atoms with Crippen LogP contribution in [0.15, 0.2) is 18.2 Å². The molecule has 0 aromatic heterocycles. The van der Waals surface area contributed by atoms with E-state index in [1.165, 1.54) is 6.07 Å². The van der Waals surface area contributed by atoms with Crippen LogP contribution in [0.5, 0.6) is 11.5 Å². The van der Waals surface area contributed by atoms with Crippen LogP contribution in [0.1, 0.15) is 0 Å². The van der Waals surface area contributed by atoms with Crippen molar-refractivity contribution >= 4 is 17.6 Å². The molecule has 0 bridgehead atoms. The molecule has 0 saturated heterocycles. The minimum absolute atomic E-state index is 0.0783. The average Bonchev–Trinajstić information content (AvgIpc) is 2.30. The van der Waals surface area contributed by atoms with Gasteiger partial charge < -0.3 is 14.6 Å². The number of fused-ring (bicyclic) bond motifs is 1. The number of ether oxygens (including phenoxy) is 2. The molecule has 1 heterocycles. The topological polar surface area (TPSA) is 76.1 Å². The summed E-state index contributed by atoms with van der Waals surface area (Å²) in [6.07, 6.45) is -4.88. The van der Waals surface area contributed by atoms with Gasteiger partial charge in [0.05, 0.1) is 5.69 Å². The van der Waals surface area contributed by atoms with Crippen molar-refractivity contribution in [2.75, 3.05) is 18.1 Å². The Balaban J connectivity index is 2.36. The number of carbonyl (C=O) groups is 2. The van der Waals surface area contributed by atoms with Crippen molar-refractivity contribution in [3.8, 4) is 11.5 Å². The van der Waals surface area contributed by atoms with Crippen molar-refractivity contribution in [1.29, 1.82) is 0 Å². The van der Waals surface area contributed by atoms with Crippen LogP contribution >= 0.6 is 0 Å². The van der Waals surface area contributed by atoms with Gasteiger partial charge in [0, 0.05) is 6.07 Å². The number of benzene rings is 1. The van der Waals surface area contributed by atoms with Gasteiger partial charge in [-0.2, -0.15) is 0 Å². The predicted molar refractivity (Wildman–Crippen MR) is 58.6 cm³/mol. The summed E-state index contributed by atoms with van der Waals surface area (Å²) >= 11 is 0. The first-order chi connectivity index (χ1) is 9.26. The van der Waals surface area contributed by atoms with Crippen molar-refractivity contribution in [3.05, 3.63) is 18.2 Å². The molecule has 6 nitrogen and oxygen atoms in total. The molecule has 1 aromatic carbocycles. The summed E-state index contributed by atoms with van der Waals surface area (Å²) in [4.78, 5) is 23.1. The number of nitrogens with zero attached hydrogens (tertiary/aromatic N) is 1. The van der Waals surface area contributed by atoms with Crippen LogP contribution < -0.4 is 14.4 Å². The standard InChI is InChI=1S/C11H8F3NO5/c12-11(13,14)20-6-1-2-8-7(3-6)15(4-10(17)18)9(16)5-19-8/h1-3H,4-5H2,(H,17,18). The van der Waals surface area contributed by atoms with E-state index < -0.39 is 30.5 Å². The number of carboxylic acids is 1. The molecular weight excluding hydrogens is 283 g/mol. The number of rotatable bonds is 3. The van der Waals surface area contributed by atoms with E-state index in [4.69, 9.17) is 9.84 Å². The highest BCUT2D eigenvalue weighted by Crippen LogP contribution is 2.36. The van der Waals surface area contributed by atoms with Crippen LogP contribution in [0, 0.1) is 0 Å². The summed E-state index contributed by atoms with van der Waals surface area (Å²) in [6.45, 7) is -1.05. The molecule has 0 atom stereocenters. The normalized spacial score (nSPS) is 14.6. The van der Waals surface area contributed by atoms with E-state index >= 15 is 0 Å². The van der Waals surface area contributed by atoms with E-state index in [1.807, 2.05) is 0 Å². The lowest BCUT2D eigenvalue weighted by Gasteiger charge is -2.28. The van der Waals surface area contributed by atoms with Crippen LogP contribution in [0.2, 0.25) is 0 Å². The zero-order valence-electron chi connectivity index (χ0n) is 9.81. The largest absolute Gasteiger partial charge is 0.573 e. The minimum atomic E-state index is -4.88. The van der Waals surface area contributed by atoms with Crippen LogP contribution in [-0.4, -0.2) is 36.5 Å².